The van der Waals surface area contributed by atoms with Crippen LogP contribution in [0.3, 0.4) is 0 Å². The minimum Gasteiger partial charge on any atom is -0.504 e. The summed E-state index contributed by atoms with van der Waals surface area (Å²) in [6.45, 7) is 6.60. The van der Waals surface area contributed by atoms with E-state index in [4.69, 9.17) is 4.74 Å². The molecule has 3 heteroatoms. The number of hydrogen-bond acceptors (Lipinski definition) is 3. The average molecular weight is 277 g/mol. The van der Waals surface area contributed by atoms with Crippen molar-refractivity contribution < 1.29 is 9.84 Å². The van der Waals surface area contributed by atoms with Gasteiger partial charge in [-0.15, -0.1) is 0 Å². The number of hydrogen-bond donors (Lipinski definition) is 2. The van der Waals surface area contributed by atoms with Gasteiger partial charge in [-0.2, -0.15) is 0 Å². The molecule has 1 aliphatic carbocycles. The summed E-state index contributed by atoms with van der Waals surface area (Å²) in [6, 6.07) is 5.70. The first kappa shape index (κ1) is 15.2. The number of ether oxygens (including phenoxy) is 1. The van der Waals surface area contributed by atoms with E-state index in [2.05, 4.69) is 12.2 Å². The van der Waals surface area contributed by atoms with Crippen LogP contribution in [0.25, 0.3) is 0 Å². The quantitative estimate of drug-likeness (QED) is 0.833. The Morgan fingerprint density at radius 1 is 1.30 bits per heavy atom. The lowest BCUT2D eigenvalue weighted by molar-refractivity contribution is 0.247. The van der Waals surface area contributed by atoms with Crippen molar-refractivity contribution in [3.8, 4) is 11.5 Å². The Hall–Kier alpha value is -1.22. The number of aromatic hydroxyl groups is 1. The molecule has 0 heterocycles. The summed E-state index contributed by atoms with van der Waals surface area (Å²) in [5, 5.41) is 13.6. The predicted octanol–water partition coefficient (Wildman–Crippen LogP) is 3.71. The molecule has 1 fully saturated rings. The summed E-state index contributed by atoms with van der Waals surface area (Å²) in [7, 11) is 0. The lowest BCUT2D eigenvalue weighted by atomic mass is 9.80. The summed E-state index contributed by atoms with van der Waals surface area (Å²) >= 11 is 0. The SMILES string of the molecule is CCOc1cccc(CNCC2CCCCC2C)c1O. The largest absolute Gasteiger partial charge is 0.504 e. The van der Waals surface area contributed by atoms with E-state index in [1.807, 2.05) is 25.1 Å². The van der Waals surface area contributed by atoms with Crippen LogP contribution in [-0.2, 0) is 6.54 Å². The van der Waals surface area contributed by atoms with E-state index in [-0.39, 0.29) is 5.75 Å². The maximum atomic E-state index is 10.1. The number of para-hydroxylation sites is 1. The van der Waals surface area contributed by atoms with E-state index >= 15 is 0 Å². The zero-order valence-electron chi connectivity index (χ0n) is 12.7. The van der Waals surface area contributed by atoms with E-state index in [1.54, 1.807) is 0 Å². The van der Waals surface area contributed by atoms with Gasteiger partial charge >= 0.3 is 0 Å². The fourth-order valence-corrected chi connectivity index (χ4v) is 3.07. The van der Waals surface area contributed by atoms with Gasteiger partial charge in [0.05, 0.1) is 6.61 Å². The number of phenols is 1. The minimum absolute atomic E-state index is 0.276. The minimum atomic E-state index is 0.276. The Balaban J connectivity index is 1.86. The second-order valence-corrected chi connectivity index (χ2v) is 5.85. The third-order valence-corrected chi connectivity index (χ3v) is 4.39. The van der Waals surface area contributed by atoms with Gasteiger partial charge in [0.25, 0.3) is 0 Å². The van der Waals surface area contributed by atoms with Crippen molar-refractivity contribution in [2.75, 3.05) is 13.2 Å². The standard InChI is InChI=1S/C17H27NO2/c1-3-20-16-10-6-9-15(17(16)19)12-18-11-14-8-5-4-7-13(14)2/h6,9-10,13-14,18-19H,3-5,7-8,11-12H2,1-2H3. The van der Waals surface area contributed by atoms with Crippen LogP contribution in [0.15, 0.2) is 18.2 Å². The zero-order chi connectivity index (χ0) is 14.4. The Kier molecular flexibility index (Phi) is 5.72. The highest BCUT2D eigenvalue weighted by molar-refractivity contribution is 5.45. The van der Waals surface area contributed by atoms with Crippen LogP contribution in [0.1, 0.15) is 45.1 Å². The van der Waals surface area contributed by atoms with Gasteiger partial charge in [0, 0.05) is 12.1 Å². The topological polar surface area (TPSA) is 41.5 Å². The number of nitrogens with one attached hydrogen (secondary N) is 1. The lowest BCUT2D eigenvalue weighted by Crippen LogP contribution is -2.29. The maximum absolute atomic E-state index is 10.1. The van der Waals surface area contributed by atoms with E-state index in [0.29, 0.717) is 18.9 Å². The van der Waals surface area contributed by atoms with Crippen molar-refractivity contribution in [3.63, 3.8) is 0 Å². The van der Waals surface area contributed by atoms with Crippen LogP contribution in [0, 0.1) is 11.8 Å². The molecule has 2 unspecified atom stereocenters. The molecule has 0 saturated heterocycles. The summed E-state index contributed by atoms with van der Waals surface area (Å²) in [4.78, 5) is 0. The molecular formula is C17H27NO2. The molecule has 1 aliphatic rings. The second-order valence-electron chi connectivity index (χ2n) is 5.85. The normalized spacial score (nSPS) is 22.7. The van der Waals surface area contributed by atoms with Gasteiger partial charge in [-0.3, -0.25) is 0 Å². The monoisotopic (exact) mass is 277 g/mol. The summed E-state index contributed by atoms with van der Waals surface area (Å²) < 4.78 is 5.41. The van der Waals surface area contributed by atoms with Crippen LogP contribution in [0.2, 0.25) is 0 Å². The van der Waals surface area contributed by atoms with Crippen molar-refractivity contribution >= 4 is 0 Å². The number of rotatable bonds is 6. The maximum Gasteiger partial charge on any atom is 0.162 e. The van der Waals surface area contributed by atoms with Gasteiger partial charge in [0.1, 0.15) is 0 Å². The molecule has 0 spiro atoms. The van der Waals surface area contributed by atoms with Crippen LogP contribution in [0.4, 0.5) is 0 Å². The van der Waals surface area contributed by atoms with Gasteiger partial charge in [0.2, 0.25) is 0 Å². The van der Waals surface area contributed by atoms with E-state index < -0.39 is 0 Å². The Bertz CT molecular complexity index is 419. The Morgan fingerprint density at radius 3 is 2.85 bits per heavy atom. The van der Waals surface area contributed by atoms with Crippen molar-refractivity contribution in [3.05, 3.63) is 23.8 Å². The van der Waals surface area contributed by atoms with Crippen molar-refractivity contribution in [2.45, 2.75) is 46.1 Å². The van der Waals surface area contributed by atoms with E-state index in [1.165, 1.54) is 25.7 Å². The molecule has 0 aliphatic heterocycles. The van der Waals surface area contributed by atoms with Gasteiger partial charge in [-0.1, -0.05) is 38.3 Å². The second kappa shape index (κ2) is 7.53. The molecule has 0 radical (unpaired) electrons. The van der Waals surface area contributed by atoms with E-state index in [0.717, 1.165) is 23.9 Å². The molecule has 1 saturated carbocycles. The average Bonchev–Trinajstić information content (AvgIpc) is 2.45. The first-order chi connectivity index (χ1) is 9.72. The third kappa shape index (κ3) is 3.89. The fraction of sp³-hybridized carbons (Fsp3) is 0.647. The molecular weight excluding hydrogens is 250 g/mol. The molecule has 0 amide bonds. The molecule has 2 N–H and O–H groups in total. The van der Waals surface area contributed by atoms with E-state index in [9.17, 15) is 5.11 Å². The molecule has 2 rings (SSSR count). The summed E-state index contributed by atoms with van der Waals surface area (Å²) in [6.07, 6.45) is 5.44. The number of benzene rings is 1. The molecule has 112 valence electrons. The fourth-order valence-electron chi connectivity index (χ4n) is 3.07. The first-order valence-corrected chi connectivity index (χ1v) is 7.86. The highest BCUT2D eigenvalue weighted by Crippen LogP contribution is 2.31. The molecule has 0 aromatic heterocycles. The van der Waals surface area contributed by atoms with Gasteiger partial charge in [-0.25, -0.2) is 0 Å². The third-order valence-electron chi connectivity index (χ3n) is 4.39. The lowest BCUT2D eigenvalue weighted by Gasteiger charge is -2.29. The predicted molar refractivity (Wildman–Crippen MR) is 82.1 cm³/mol. The van der Waals surface area contributed by atoms with Crippen LogP contribution in [0.5, 0.6) is 11.5 Å². The smallest absolute Gasteiger partial charge is 0.162 e. The highest BCUT2D eigenvalue weighted by atomic mass is 16.5. The number of phenolic OH excluding ortho intramolecular Hbond substituents is 1. The van der Waals surface area contributed by atoms with Crippen molar-refractivity contribution in [1.29, 1.82) is 0 Å². The molecule has 1 aromatic rings. The van der Waals surface area contributed by atoms with Gasteiger partial charge in [-0.05, 0) is 37.8 Å². The Morgan fingerprint density at radius 2 is 2.10 bits per heavy atom. The molecule has 3 nitrogen and oxygen atoms in total. The molecule has 0 bridgehead atoms. The zero-order valence-corrected chi connectivity index (χ0v) is 12.7. The van der Waals surface area contributed by atoms with Crippen LogP contribution >= 0.6 is 0 Å². The van der Waals surface area contributed by atoms with Gasteiger partial charge < -0.3 is 15.2 Å². The van der Waals surface area contributed by atoms with Crippen LogP contribution < -0.4 is 10.1 Å². The summed E-state index contributed by atoms with van der Waals surface area (Å²) in [5.74, 6) is 2.46. The molecule has 2 atom stereocenters. The highest BCUT2D eigenvalue weighted by Gasteiger charge is 2.20. The summed E-state index contributed by atoms with van der Waals surface area (Å²) in [5.41, 5.74) is 0.916. The van der Waals surface area contributed by atoms with Crippen LogP contribution in [-0.4, -0.2) is 18.3 Å². The first-order valence-electron chi connectivity index (χ1n) is 7.86. The van der Waals surface area contributed by atoms with Crippen molar-refractivity contribution in [1.82, 2.24) is 5.32 Å². The molecule has 20 heavy (non-hydrogen) atoms. The Labute approximate surface area is 122 Å². The van der Waals surface area contributed by atoms with Crippen molar-refractivity contribution in [2.24, 2.45) is 11.8 Å². The van der Waals surface area contributed by atoms with Gasteiger partial charge in [0.15, 0.2) is 11.5 Å². The molecule has 1 aromatic carbocycles.